The van der Waals surface area contributed by atoms with Gasteiger partial charge < -0.3 is 29.0 Å². The van der Waals surface area contributed by atoms with E-state index in [0.717, 1.165) is 77.0 Å². The number of amides is 1. The van der Waals surface area contributed by atoms with Crippen molar-refractivity contribution < 1.29 is 14.3 Å². The average Bonchev–Trinajstić information content (AvgIpc) is 3.46. The lowest BCUT2D eigenvalue weighted by molar-refractivity contribution is -0.0660. The van der Waals surface area contributed by atoms with Gasteiger partial charge in [-0.25, -0.2) is 4.98 Å². The SMILES string of the molecule is Cn1cc(-c2cncc(N3CCn4c(cc5c4CCCC5)C3=O)c2C=O)cc(Nc2ccc(N3CCN(C4COC4)CC3)cn2)c1=O. The highest BCUT2D eigenvalue weighted by molar-refractivity contribution is 6.09. The zero-order valence-electron chi connectivity index (χ0n) is 26.5. The summed E-state index contributed by atoms with van der Waals surface area (Å²) in [6.07, 6.45) is 11.8. The van der Waals surface area contributed by atoms with Gasteiger partial charge in [0.25, 0.3) is 11.5 Å². The smallest absolute Gasteiger partial charge is 0.275 e. The van der Waals surface area contributed by atoms with Gasteiger partial charge in [0.1, 0.15) is 17.2 Å². The summed E-state index contributed by atoms with van der Waals surface area (Å²) >= 11 is 0. The molecule has 2 saturated heterocycles. The van der Waals surface area contributed by atoms with E-state index >= 15 is 0 Å². The maximum absolute atomic E-state index is 13.8. The summed E-state index contributed by atoms with van der Waals surface area (Å²) in [7, 11) is 1.67. The predicted molar refractivity (Wildman–Crippen MR) is 179 cm³/mol. The van der Waals surface area contributed by atoms with Crippen LogP contribution in [-0.4, -0.2) is 88.2 Å². The molecule has 8 rings (SSSR count). The van der Waals surface area contributed by atoms with Gasteiger partial charge in [-0.2, -0.15) is 0 Å². The fraction of sp³-hybridized carbons (Fsp3) is 0.400. The Balaban J connectivity index is 1.04. The molecule has 0 bridgehead atoms. The van der Waals surface area contributed by atoms with Gasteiger partial charge in [0.05, 0.1) is 43.0 Å². The average molecular weight is 635 g/mol. The lowest BCUT2D eigenvalue weighted by Gasteiger charge is -2.43. The molecule has 12 nitrogen and oxygen atoms in total. The quantitative estimate of drug-likeness (QED) is 0.306. The van der Waals surface area contributed by atoms with E-state index in [0.29, 0.717) is 58.7 Å². The van der Waals surface area contributed by atoms with Crippen molar-refractivity contribution in [2.75, 3.05) is 61.1 Å². The van der Waals surface area contributed by atoms with Crippen molar-refractivity contribution in [2.45, 2.75) is 38.3 Å². The topological polar surface area (TPSA) is 118 Å². The van der Waals surface area contributed by atoms with Gasteiger partial charge in [0, 0.05) is 81.1 Å². The van der Waals surface area contributed by atoms with Crippen LogP contribution in [0.4, 0.5) is 22.9 Å². The first-order valence-electron chi connectivity index (χ1n) is 16.5. The number of rotatable bonds is 7. The summed E-state index contributed by atoms with van der Waals surface area (Å²) in [5.41, 5.74) is 6.32. The summed E-state index contributed by atoms with van der Waals surface area (Å²) in [5.74, 6) is 0.417. The van der Waals surface area contributed by atoms with Crippen LogP contribution in [0.3, 0.4) is 0 Å². The Morgan fingerprint density at radius 1 is 0.957 bits per heavy atom. The fourth-order valence-corrected chi connectivity index (χ4v) is 7.41. The van der Waals surface area contributed by atoms with E-state index in [9.17, 15) is 14.4 Å². The van der Waals surface area contributed by atoms with Crippen molar-refractivity contribution in [2.24, 2.45) is 7.05 Å². The number of hydrogen-bond donors (Lipinski definition) is 1. The van der Waals surface area contributed by atoms with Crippen molar-refractivity contribution in [1.82, 2.24) is 24.0 Å². The molecule has 7 heterocycles. The van der Waals surface area contributed by atoms with Gasteiger partial charge >= 0.3 is 0 Å². The third-order valence-corrected chi connectivity index (χ3v) is 10.1. The fourth-order valence-electron chi connectivity index (χ4n) is 7.41. The minimum absolute atomic E-state index is 0.125. The lowest BCUT2D eigenvalue weighted by Crippen LogP contribution is -2.56. The molecule has 4 aromatic rings. The molecule has 242 valence electrons. The molecule has 4 aliphatic rings. The largest absolute Gasteiger partial charge is 0.378 e. The minimum Gasteiger partial charge on any atom is -0.378 e. The number of carbonyl (C=O) groups is 2. The molecule has 0 aromatic carbocycles. The normalized spacial score (nSPS) is 18.4. The van der Waals surface area contributed by atoms with Crippen LogP contribution < -0.4 is 20.7 Å². The Bertz CT molecular complexity index is 1900. The van der Waals surface area contributed by atoms with E-state index in [1.807, 2.05) is 24.4 Å². The number of aldehydes is 1. The number of nitrogens with zero attached hydrogens (tertiary/aromatic N) is 7. The summed E-state index contributed by atoms with van der Waals surface area (Å²) in [6, 6.07) is 8.19. The van der Waals surface area contributed by atoms with Gasteiger partial charge in [0.15, 0.2) is 6.29 Å². The number of anilines is 4. The van der Waals surface area contributed by atoms with E-state index in [2.05, 4.69) is 29.7 Å². The van der Waals surface area contributed by atoms with Gasteiger partial charge in [-0.1, -0.05) is 0 Å². The molecule has 0 saturated carbocycles. The van der Waals surface area contributed by atoms with Crippen LogP contribution >= 0.6 is 0 Å². The first-order valence-corrected chi connectivity index (χ1v) is 16.5. The highest BCUT2D eigenvalue weighted by Crippen LogP contribution is 2.34. The standard InChI is InChI=1S/C35H38N8O4/c1-39-19-24(14-29(34(39)45)38-33-7-6-25(16-37-33)40-8-10-41(11-9-40)26-21-47-22-26)27-17-36-18-32(28(27)20-44)43-13-12-42-30-5-3-2-4-23(30)15-31(42)35(43)46/h6-7,14-20,26H,2-5,8-13,21-22H2,1H3,(H,37,38). The van der Waals surface area contributed by atoms with Crippen LogP contribution in [0.5, 0.6) is 0 Å². The van der Waals surface area contributed by atoms with Crippen LogP contribution in [0.1, 0.15) is 44.9 Å². The van der Waals surface area contributed by atoms with E-state index in [4.69, 9.17) is 4.74 Å². The molecule has 12 heteroatoms. The second kappa shape index (κ2) is 12.1. The second-order valence-electron chi connectivity index (χ2n) is 12.9. The summed E-state index contributed by atoms with van der Waals surface area (Å²) in [5, 5.41) is 3.19. The van der Waals surface area contributed by atoms with E-state index in [-0.39, 0.29) is 11.5 Å². The highest BCUT2D eigenvalue weighted by atomic mass is 16.5. The first kappa shape index (κ1) is 29.6. The summed E-state index contributed by atoms with van der Waals surface area (Å²) < 4.78 is 8.98. The lowest BCUT2D eigenvalue weighted by atomic mass is 9.98. The first-order chi connectivity index (χ1) is 23.0. The molecule has 4 aromatic heterocycles. The van der Waals surface area contributed by atoms with Gasteiger partial charge in [-0.3, -0.25) is 24.3 Å². The predicted octanol–water partition coefficient (Wildman–Crippen LogP) is 3.26. The van der Waals surface area contributed by atoms with Crippen LogP contribution in [-0.2, 0) is 31.2 Å². The molecule has 0 radical (unpaired) electrons. The Hall–Kier alpha value is -4.81. The summed E-state index contributed by atoms with van der Waals surface area (Å²) in [4.78, 5) is 55.2. The maximum atomic E-state index is 13.8. The van der Waals surface area contributed by atoms with Crippen molar-refractivity contribution in [3.05, 3.63) is 81.9 Å². The van der Waals surface area contributed by atoms with Crippen LogP contribution in [0.25, 0.3) is 11.1 Å². The number of fused-ring (bicyclic) bond motifs is 3. The maximum Gasteiger partial charge on any atom is 0.275 e. The third-order valence-electron chi connectivity index (χ3n) is 10.1. The number of hydrogen-bond acceptors (Lipinski definition) is 9. The van der Waals surface area contributed by atoms with E-state index < -0.39 is 0 Å². The monoisotopic (exact) mass is 634 g/mol. The van der Waals surface area contributed by atoms with Crippen molar-refractivity contribution in [3.8, 4) is 11.1 Å². The van der Waals surface area contributed by atoms with E-state index in [1.165, 1.54) is 15.8 Å². The molecule has 1 N–H and O–H groups in total. The number of nitrogens with one attached hydrogen (secondary N) is 1. The Morgan fingerprint density at radius 2 is 1.79 bits per heavy atom. The molecule has 0 spiro atoms. The van der Waals surface area contributed by atoms with Gasteiger partial charge in [-0.05, 0) is 55.5 Å². The van der Waals surface area contributed by atoms with Crippen LogP contribution in [0.15, 0.2) is 53.8 Å². The Labute approximate surface area is 272 Å². The number of aryl methyl sites for hydroxylation is 2. The Morgan fingerprint density at radius 3 is 2.53 bits per heavy atom. The number of pyridine rings is 3. The Kier molecular flexibility index (Phi) is 7.61. The molecule has 1 amide bonds. The molecule has 1 aliphatic carbocycles. The van der Waals surface area contributed by atoms with Crippen molar-refractivity contribution in [3.63, 3.8) is 0 Å². The van der Waals surface area contributed by atoms with Gasteiger partial charge in [0.2, 0.25) is 0 Å². The molecule has 0 atom stereocenters. The summed E-state index contributed by atoms with van der Waals surface area (Å²) in [6.45, 7) is 6.63. The van der Waals surface area contributed by atoms with Gasteiger partial charge in [-0.15, -0.1) is 0 Å². The third kappa shape index (κ3) is 5.31. The zero-order valence-corrected chi connectivity index (χ0v) is 26.5. The highest BCUT2D eigenvalue weighted by Gasteiger charge is 2.32. The zero-order chi connectivity index (χ0) is 32.1. The van der Waals surface area contributed by atoms with Crippen LogP contribution in [0.2, 0.25) is 0 Å². The van der Waals surface area contributed by atoms with E-state index in [1.54, 1.807) is 36.6 Å². The number of ether oxygens (including phenoxy) is 1. The number of piperazine rings is 1. The molecule has 0 unspecified atom stereocenters. The van der Waals surface area contributed by atoms with Crippen LogP contribution in [0, 0.1) is 0 Å². The number of carbonyl (C=O) groups excluding carboxylic acids is 2. The molecule has 2 fully saturated rings. The van der Waals surface area contributed by atoms with Crippen molar-refractivity contribution in [1.29, 1.82) is 0 Å². The molecular weight excluding hydrogens is 596 g/mol. The molecule has 47 heavy (non-hydrogen) atoms. The minimum atomic E-state index is -0.233. The number of aromatic nitrogens is 4. The second-order valence-corrected chi connectivity index (χ2v) is 12.9. The molecular formula is C35H38N8O4. The van der Waals surface area contributed by atoms with Crippen molar-refractivity contribution >= 4 is 35.1 Å². The molecule has 3 aliphatic heterocycles.